The summed E-state index contributed by atoms with van der Waals surface area (Å²) >= 11 is 0. The molecule has 0 unspecified atom stereocenters. The van der Waals surface area contributed by atoms with Crippen LogP contribution in [0.3, 0.4) is 0 Å². The van der Waals surface area contributed by atoms with Gasteiger partial charge in [-0.15, -0.1) is 0 Å². The molecule has 0 amide bonds. The van der Waals surface area contributed by atoms with Crippen molar-refractivity contribution in [3.8, 4) is 11.6 Å². The zero-order valence-electron chi connectivity index (χ0n) is 10.3. The highest BCUT2D eigenvalue weighted by atomic mass is 19.4. The standard InChI is InChI=1S/C13H10F4N2O/c1-7-11(18)4-5-12(19-7)20-8-2-3-10(14)9(6-8)13(15,16)17/h2-6H,18H2,1H3. The number of hydrogen-bond acceptors (Lipinski definition) is 3. The monoisotopic (exact) mass is 286 g/mol. The third-order valence-corrected chi connectivity index (χ3v) is 2.57. The zero-order valence-corrected chi connectivity index (χ0v) is 10.3. The lowest BCUT2D eigenvalue weighted by Crippen LogP contribution is -2.08. The average molecular weight is 286 g/mol. The largest absolute Gasteiger partial charge is 0.439 e. The third kappa shape index (κ3) is 2.98. The van der Waals surface area contributed by atoms with E-state index in [4.69, 9.17) is 10.5 Å². The van der Waals surface area contributed by atoms with Crippen LogP contribution in [0.1, 0.15) is 11.3 Å². The summed E-state index contributed by atoms with van der Waals surface area (Å²) in [6.45, 7) is 1.63. The van der Waals surface area contributed by atoms with Gasteiger partial charge in [-0.25, -0.2) is 9.37 Å². The van der Waals surface area contributed by atoms with Gasteiger partial charge < -0.3 is 10.5 Å². The van der Waals surface area contributed by atoms with Crippen LogP contribution >= 0.6 is 0 Å². The van der Waals surface area contributed by atoms with E-state index in [2.05, 4.69) is 4.98 Å². The van der Waals surface area contributed by atoms with Crippen molar-refractivity contribution in [2.75, 3.05) is 5.73 Å². The number of nitrogen functional groups attached to an aromatic ring is 1. The maximum atomic E-state index is 13.1. The van der Waals surface area contributed by atoms with Crippen molar-refractivity contribution in [2.45, 2.75) is 13.1 Å². The van der Waals surface area contributed by atoms with Gasteiger partial charge in [0.15, 0.2) is 0 Å². The Bertz CT molecular complexity index is 641. The van der Waals surface area contributed by atoms with E-state index in [1.165, 1.54) is 12.1 Å². The van der Waals surface area contributed by atoms with Crippen molar-refractivity contribution in [3.05, 3.63) is 47.4 Å². The lowest BCUT2D eigenvalue weighted by molar-refractivity contribution is -0.140. The summed E-state index contributed by atoms with van der Waals surface area (Å²) in [5, 5.41) is 0. The minimum Gasteiger partial charge on any atom is -0.439 e. The summed E-state index contributed by atoms with van der Waals surface area (Å²) in [5.74, 6) is -1.43. The van der Waals surface area contributed by atoms with Gasteiger partial charge in [-0.05, 0) is 31.2 Å². The molecule has 3 nitrogen and oxygen atoms in total. The van der Waals surface area contributed by atoms with Crippen molar-refractivity contribution in [2.24, 2.45) is 0 Å². The van der Waals surface area contributed by atoms with Crippen molar-refractivity contribution in [1.29, 1.82) is 0 Å². The molecule has 2 aromatic rings. The van der Waals surface area contributed by atoms with E-state index in [1.54, 1.807) is 6.92 Å². The quantitative estimate of drug-likeness (QED) is 0.851. The number of ether oxygens (including phenoxy) is 1. The Kier molecular flexibility index (Phi) is 3.52. The molecule has 0 aliphatic heterocycles. The Hall–Kier alpha value is -2.31. The molecule has 1 heterocycles. The second-order valence-corrected chi connectivity index (χ2v) is 4.07. The number of halogens is 4. The molecule has 106 valence electrons. The Balaban J connectivity index is 2.32. The molecule has 0 radical (unpaired) electrons. The molecule has 1 aromatic heterocycles. The number of benzene rings is 1. The second-order valence-electron chi connectivity index (χ2n) is 4.07. The fourth-order valence-corrected chi connectivity index (χ4v) is 1.51. The minimum atomic E-state index is -4.78. The normalized spacial score (nSPS) is 11.4. The summed E-state index contributed by atoms with van der Waals surface area (Å²) in [5.41, 5.74) is 5.10. The van der Waals surface area contributed by atoms with Crippen LogP contribution in [0.4, 0.5) is 23.2 Å². The van der Waals surface area contributed by atoms with Crippen LogP contribution in [0.15, 0.2) is 30.3 Å². The number of nitrogens with zero attached hydrogens (tertiary/aromatic N) is 1. The molecule has 0 aliphatic carbocycles. The highest BCUT2D eigenvalue weighted by Crippen LogP contribution is 2.34. The number of aromatic nitrogens is 1. The zero-order chi connectivity index (χ0) is 14.9. The molecule has 0 saturated heterocycles. The van der Waals surface area contributed by atoms with Gasteiger partial charge in [0.1, 0.15) is 11.6 Å². The van der Waals surface area contributed by atoms with Crippen molar-refractivity contribution in [1.82, 2.24) is 4.98 Å². The fourth-order valence-electron chi connectivity index (χ4n) is 1.51. The molecule has 0 aliphatic rings. The van der Waals surface area contributed by atoms with E-state index in [9.17, 15) is 17.6 Å². The van der Waals surface area contributed by atoms with Crippen molar-refractivity contribution < 1.29 is 22.3 Å². The molecule has 2 rings (SSSR count). The lowest BCUT2D eigenvalue weighted by atomic mass is 10.2. The molecule has 0 bridgehead atoms. The highest BCUT2D eigenvalue weighted by molar-refractivity contribution is 5.44. The molecule has 0 saturated carbocycles. The topological polar surface area (TPSA) is 48.1 Å². The summed E-state index contributed by atoms with van der Waals surface area (Å²) in [7, 11) is 0. The lowest BCUT2D eigenvalue weighted by Gasteiger charge is -2.11. The first-order chi connectivity index (χ1) is 9.27. The molecule has 7 heteroatoms. The van der Waals surface area contributed by atoms with Gasteiger partial charge in [-0.1, -0.05) is 0 Å². The van der Waals surface area contributed by atoms with Crippen LogP contribution in [0, 0.1) is 12.7 Å². The Morgan fingerprint density at radius 2 is 1.85 bits per heavy atom. The number of pyridine rings is 1. The number of nitrogens with two attached hydrogens (primary N) is 1. The number of hydrogen-bond donors (Lipinski definition) is 1. The van der Waals surface area contributed by atoms with Crippen LogP contribution in [-0.2, 0) is 6.18 Å². The number of aryl methyl sites for hydroxylation is 1. The molecular weight excluding hydrogens is 276 g/mol. The summed E-state index contributed by atoms with van der Waals surface area (Å²) in [6, 6.07) is 5.31. The molecule has 2 N–H and O–H groups in total. The maximum absolute atomic E-state index is 13.1. The van der Waals surface area contributed by atoms with Crippen molar-refractivity contribution >= 4 is 5.69 Å². The summed E-state index contributed by atoms with van der Waals surface area (Å²) in [6.07, 6.45) is -4.78. The van der Waals surface area contributed by atoms with E-state index in [-0.39, 0.29) is 11.6 Å². The van der Waals surface area contributed by atoms with E-state index < -0.39 is 17.6 Å². The van der Waals surface area contributed by atoms with Gasteiger partial charge >= 0.3 is 6.18 Å². The van der Waals surface area contributed by atoms with Gasteiger partial charge in [-0.2, -0.15) is 13.2 Å². The van der Waals surface area contributed by atoms with Crippen LogP contribution in [0.5, 0.6) is 11.6 Å². The molecule has 1 aromatic carbocycles. The van der Waals surface area contributed by atoms with Crippen LogP contribution in [0.25, 0.3) is 0 Å². The summed E-state index contributed by atoms with van der Waals surface area (Å²) in [4.78, 5) is 3.96. The van der Waals surface area contributed by atoms with E-state index >= 15 is 0 Å². The Morgan fingerprint density at radius 1 is 1.15 bits per heavy atom. The van der Waals surface area contributed by atoms with Crippen LogP contribution < -0.4 is 10.5 Å². The maximum Gasteiger partial charge on any atom is 0.419 e. The van der Waals surface area contributed by atoms with E-state index in [0.717, 1.165) is 6.07 Å². The highest BCUT2D eigenvalue weighted by Gasteiger charge is 2.34. The average Bonchev–Trinajstić information content (AvgIpc) is 2.35. The molecular formula is C13H10F4N2O. The first kappa shape index (κ1) is 14.1. The van der Waals surface area contributed by atoms with Gasteiger partial charge in [0.25, 0.3) is 0 Å². The predicted molar refractivity (Wildman–Crippen MR) is 64.9 cm³/mol. The first-order valence-electron chi connectivity index (χ1n) is 5.55. The molecule has 20 heavy (non-hydrogen) atoms. The molecule has 0 spiro atoms. The minimum absolute atomic E-state index is 0.0800. The third-order valence-electron chi connectivity index (χ3n) is 2.57. The fraction of sp³-hybridized carbons (Fsp3) is 0.154. The van der Waals surface area contributed by atoms with Gasteiger partial charge in [0.2, 0.25) is 5.88 Å². The number of anilines is 1. The van der Waals surface area contributed by atoms with E-state index in [1.807, 2.05) is 0 Å². The van der Waals surface area contributed by atoms with Gasteiger partial charge in [-0.3, -0.25) is 0 Å². The van der Waals surface area contributed by atoms with Gasteiger partial charge in [0, 0.05) is 6.07 Å². The van der Waals surface area contributed by atoms with E-state index in [0.29, 0.717) is 23.5 Å². The molecule has 0 atom stereocenters. The van der Waals surface area contributed by atoms with Crippen LogP contribution in [-0.4, -0.2) is 4.98 Å². The first-order valence-corrected chi connectivity index (χ1v) is 5.55. The van der Waals surface area contributed by atoms with Crippen LogP contribution in [0.2, 0.25) is 0 Å². The Labute approximate surface area is 112 Å². The Morgan fingerprint density at radius 3 is 2.45 bits per heavy atom. The number of rotatable bonds is 2. The second kappa shape index (κ2) is 4.99. The smallest absolute Gasteiger partial charge is 0.419 e. The SMILES string of the molecule is Cc1nc(Oc2ccc(F)c(C(F)(F)F)c2)ccc1N. The summed E-state index contributed by atoms with van der Waals surface area (Å²) < 4.78 is 56.0. The van der Waals surface area contributed by atoms with Crippen molar-refractivity contribution in [3.63, 3.8) is 0 Å². The molecule has 0 fully saturated rings. The number of alkyl halides is 3. The van der Waals surface area contributed by atoms with Gasteiger partial charge in [0.05, 0.1) is 16.9 Å². The predicted octanol–water partition coefficient (Wildman–Crippen LogP) is 3.92.